The van der Waals surface area contributed by atoms with Crippen LogP contribution in [0.2, 0.25) is 0 Å². The third-order valence-electron chi connectivity index (χ3n) is 4.29. The molecule has 1 aliphatic rings. The standard InChI is InChI=1S/C19H25N5O/c1-3-9-20-18(25)17-14-15(2)21-19(22-17)24-12-10-23(11-13-24)16-7-5-4-6-8-16/h4-8,14H,3,9-13H2,1-2H3,(H,20,25). The van der Waals surface area contributed by atoms with Crippen molar-refractivity contribution in [2.75, 3.05) is 42.5 Å². The van der Waals surface area contributed by atoms with E-state index >= 15 is 0 Å². The highest BCUT2D eigenvalue weighted by atomic mass is 16.1. The third-order valence-corrected chi connectivity index (χ3v) is 4.29. The Balaban J connectivity index is 1.68. The second-order valence-electron chi connectivity index (χ2n) is 6.26. The summed E-state index contributed by atoms with van der Waals surface area (Å²) in [5.74, 6) is 0.519. The van der Waals surface area contributed by atoms with Crippen molar-refractivity contribution in [2.45, 2.75) is 20.3 Å². The van der Waals surface area contributed by atoms with E-state index < -0.39 is 0 Å². The molecule has 6 nitrogen and oxygen atoms in total. The number of carbonyl (C=O) groups excluding carboxylic acids is 1. The molecule has 0 aliphatic carbocycles. The molecule has 0 saturated carbocycles. The van der Waals surface area contributed by atoms with Gasteiger partial charge in [-0.15, -0.1) is 0 Å². The highest BCUT2D eigenvalue weighted by Gasteiger charge is 2.20. The lowest BCUT2D eigenvalue weighted by Crippen LogP contribution is -2.47. The van der Waals surface area contributed by atoms with Crippen LogP contribution in [0.1, 0.15) is 29.5 Å². The number of anilines is 2. The summed E-state index contributed by atoms with van der Waals surface area (Å²) < 4.78 is 0. The molecule has 3 rings (SSSR count). The maximum atomic E-state index is 12.2. The minimum Gasteiger partial charge on any atom is -0.368 e. The van der Waals surface area contributed by atoms with Gasteiger partial charge in [-0.25, -0.2) is 9.97 Å². The van der Waals surface area contributed by atoms with Gasteiger partial charge in [-0.1, -0.05) is 25.1 Å². The quantitative estimate of drug-likeness (QED) is 0.905. The van der Waals surface area contributed by atoms with Gasteiger partial charge in [0.15, 0.2) is 0 Å². The van der Waals surface area contributed by atoms with E-state index in [1.54, 1.807) is 6.07 Å². The van der Waals surface area contributed by atoms with Crippen LogP contribution < -0.4 is 15.1 Å². The van der Waals surface area contributed by atoms with E-state index in [0.29, 0.717) is 18.2 Å². The van der Waals surface area contributed by atoms with Crippen LogP contribution in [0.4, 0.5) is 11.6 Å². The van der Waals surface area contributed by atoms with Crippen molar-refractivity contribution >= 4 is 17.5 Å². The minimum absolute atomic E-state index is 0.128. The van der Waals surface area contributed by atoms with Crippen LogP contribution in [-0.4, -0.2) is 48.6 Å². The first-order valence-corrected chi connectivity index (χ1v) is 8.86. The SMILES string of the molecule is CCCNC(=O)c1cc(C)nc(N2CCN(c3ccccc3)CC2)n1. The maximum Gasteiger partial charge on any atom is 0.270 e. The van der Waals surface area contributed by atoms with Crippen molar-refractivity contribution in [1.82, 2.24) is 15.3 Å². The monoisotopic (exact) mass is 339 g/mol. The fraction of sp³-hybridized carbons (Fsp3) is 0.421. The van der Waals surface area contributed by atoms with E-state index in [1.807, 2.05) is 19.9 Å². The molecule has 6 heteroatoms. The van der Waals surface area contributed by atoms with E-state index in [0.717, 1.165) is 38.3 Å². The number of nitrogens with one attached hydrogen (secondary N) is 1. The number of rotatable bonds is 5. The first kappa shape index (κ1) is 17.2. The van der Waals surface area contributed by atoms with Crippen molar-refractivity contribution in [1.29, 1.82) is 0 Å². The van der Waals surface area contributed by atoms with Crippen molar-refractivity contribution < 1.29 is 4.79 Å². The summed E-state index contributed by atoms with van der Waals surface area (Å²) in [4.78, 5) is 25.7. The van der Waals surface area contributed by atoms with Gasteiger partial charge in [-0.05, 0) is 31.5 Å². The number of aromatic nitrogens is 2. The maximum absolute atomic E-state index is 12.2. The molecule has 2 aromatic rings. The molecule has 25 heavy (non-hydrogen) atoms. The van der Waals surface area contributed by atoms with Gasteiger partial charge in [0.2, 0.25) is 5.95 Å². The lowest BCUT2D eigenvalue weighted by molar-refractivity contribution is 0.0948. The van der Waals surface area contributed by atoms with Crippen molar-refractivity contribution in [2.24, 2.45) is 0 Å². The zero-order valence-corrected chi connectivity index (χ0v) is 14.9. The number of carbonyl (C=O) groups is 1. The first-order chi connectivity index (χ1) is 12.2. The second kappa shape index (κ2) is 7.96. The topological polar surface area (TPSA) is 61.4 Å². The number of hydrogen-bond donors (Lipinski definition) is 1. The van der Waals surface area contributed by atoms with E-state index in [-0.39, 0.29) is 5.91 Å². The highest BCUT2D eigenvalue weighted by molar-refractivity contribution is 5.92. The molecule has 1 amide bonds. The van der Waals surface area contributed by atoms with Crippen molar-refractivity contribution in [3.8, 4) is 0 Å². The smallest absolute Gasteiger partial charge is 0.270 e. The molecule has 1 N–H and O–H groups in total. The summed E-state index contributed by atoms with van der Waals surface area (Å²) in [6.07, 6.45) is 0.907. The predicted molar refractivity (Wildman–Crippen MR) is 100 cm³/mol. The van der Waals surface area contributed by atoms with Gasteiger partial charge in [0.05, 0.1) is 0 Å². The molecule has 1 aromatic carbocycles. The first-order valence-electron chi connectivity index (χ1n) is 8.86. The molecule has 1 fully saturated rings. The molecule has 132 valence electrons. The Labute approximate surface area is 148 Å². The average molecular weight is 339 g/mol. The van der Waals surface area contributed by atoms with Crippen LogP contribution in [0.15, 0.2) is 36.4 Å². The van der Waals surface area contributed by atoms with E-state index in [4.69, 9.17) is 0 Å². The molecular formula is C19H25N5O. The van der Waals surface area contributed by atoms with Gasteiger partial charge in [0.1, 0.15) is 5.69 Å². The minimum atomic E-state index is -0.128. The number of aryl methyl sites for hydroxylation is 1. The third kappa shape index (κ3) is 4.26. The van der Waals surface area contributed by atoms with E-state index in [2.05, 4.69) is 49.4 Å². The molecule has 1 aromatic heterocycles. The van der Waals surface area contributed by atoms with Crippen LogP contribution in [-0.2, 0) is 0 Å². The molecule has 1 aliphatic heterocycles. The van der Waals surface area contributed by atoms with E-state index in [1.165, 1.54) is 5.69 Å². The van der Waals surface area contributed by atoms with Crippen molar-refractivity contribution in [3.05, 3.63) is 47.8 Å². The molecular weight excluding hydrogens is 314 g/mol. The molecule has 0 unspecified atom stereocenters. The van der Waals surface area contributed by atoms with Crippen LogP contribution in [0, 0.1) is 6.92 Å². The second-order valence-corrected chi connectivity index (χ2v) is 6.26. The number of nitrogens with zero attached hydrogens (tertiary/aromatic N) is 4. The summed E-state index contributed by atoms with van der Waals surface area (Å²) in [6, 6.07) is 12.2. The van der Waals surface area contributed by atoms with Crippen LogP contribution >= 0.6 is 0 Å². The normalized spacial score (nSPS) is 14.5. The zero-order valence-electron chi connectivity index (χ0n) is 14.9. The Morgan fingerprint density at radius 1 is 1.08 bits per heavy atom. The van der Waals surface area contributed by atoms with Crippen molar-refractivity contribution in [3.63, 3.8) is 0 Å². The van der Waals surface area contributed by atoms with Gasteiger partial charge < -0.3 is 15.1 Å². The Kier molecular flexibility index (Phi) is 5.48. The summed E-state index contributed by atoms with van der Waals surface area (Å²) >= 11 is 0. The summed E-state index contributed by atoms with van der Waals surface area (Å²) in [5.41, 5.74) is 2.51. The molecule has 2 heterocycles. The van der Waals surface area contributed by atoms with Gasteiger partial charge in [-0.3, -0.25) is 4.79 Å². The van der Waals surface area contributed by atoms with E-state index in [9.17, 15) is 4.79 Å². The molecule has 0 radical (unpaired) electrons. The van der Waals surface area contributed by atoms with Crippen LogP contribution in [0.3, 0.4) is 0 Å². The number of piperazine rings is 1. The molecule has 0 bridgehead atoms. The fourth-order valence-electron chi connectivity index (χ4n) is 2.94. The van der Waals surface area contributed by atoms with Crippen LogP contribution in [0.5, 0.6) is 0 Å². The number of amides is 1. The van der Waals surface area contributed by atoms with Gasteiger partial charge in [0.25, 0.3) is 5.91 Å². The Morgan fingerprint density at radius 3 is 2.44 bits per heavy atom. The lowest BCUT2D eigenvalue weighted by atomic mass is 10.2. The number of hydrogen-bond acceptors (Lipinski definition) is 5. The number of benzene rings is 1. The van der Waals surface area contributed by atoms with Gasteiger partial charge >= 0.3 is 0 Å². The molecule has 0 spiro atoms. The number of para-hydroxylation sites is 1. The Hall–Kier alpha value is -2.63. The van der Waals surface area contributed by atoms with Gasteiger partial charge in [0, 0.05) is 44.1 Å². The molecule has 0 atom stereocenters. The highest BCUT2D eigenvalue weighted by Crippen LogP contribution is 2.18. The predicted octanol–water partition coefficient (Wildman–Crippen LogP) is 2.25. The fourth-order valence-corrected chi connectivity index (χ4v) is 2.94. The largest absolute Gasteiger partial charge is 0.368 e. The average Bonchev–Trinajstić information content (AvgIpc) is 2.66. The summed E-state index contributed by atoms with van der Waals surface area (Å²) in [5, 5.41) is 2.88. The summed E-state index contributed by atoms with van der Waals surface area (Å²) in [7, 11) is 0. The molecule has 1 saturated heterocycles. The lowest BCUT2D eigenvalue weighted by Gasteiger charge is -2.36. The van der Waals surface area contributed by atoms with Crippen LogP contribution in [0.25, 0.3) is 0 Å². The Morgan fingerprint density at radius 2 is 1.76 bits per heavy atom. The zero-order chi connectivity index (χ0) is 17.6. The Bertz CT molecular complexity index is 711. The van der Waals surface area contributed by atoms with Gasteiger partial charge in [-0.2, -0.15) is 0 Å². The summed E-state index contributed by atoms with van der Waals surface area (Å²) in [6.45, 7) is 8.11.